The molecule has 14 heavy (non-hydrogen) atoms. The number of fused-ring (bicyclic) bond motifs is 1. The van der Waals surface area contributed by atoms with E-state index in [-0.39, 0.29) is 5.91 Å². The minimum Gasteiger partial charge on any atom is -0.389 e. The van der Waals surface area contributed by atoms with Gasteiger partial charge in [0.05, 0.1) is 6.10 Å². The molecule has 1 aliphatic rings. The summed E-state index contributed by atoms with van der Waals surface area (Å²) in [7, 11) is 1.78. The summed E-state index contributed by atoms with van der Waals surface area (Å²) in [6.07, 6.45) is -0.515. The van der Waals surface area contributed by atoms with E-state index < -0.39 is 6.10 Å². The van der Waals surface area contributed by atoms with Crippen molar-refractivity contribution in [2.24, 2.45) is 0 Å². The molecule has 1 amide bonds. The molecule has 0 saturated heterocycles. The Kier molecular flexibility index (Phi) is 2.04. The fourth-order valence-electron chi connectivity index (χ4n) is 1.72. The number of carbonyl (C=O) groups excluding carboxylic acids is 1. The van der Waals surface area contributed by atoms with Crippen LogP contribution in [0.2, 0.25) is 0 Å². The lowest BCUT2D eigenvalue weighted by Crippen LogP contribution is -2.17. The molecule has 0 saturated carbocycles. The average Bonchev–Trinajstić information content (AvgIpc) is 2.43. The molecule has 1 N–H and O–H groups in total. The average molecular weight is 191 g/mol. The zero-order valence-electron chi connectivity index (χ0n) is 8.32. The van der Waals surface area contributed by atoms with E-state index in [2.05, 4.69) is 0 Å². The molecule has 1 heterocycles. The van der Waals surface area contributed by atoms with Gasteiger partial charge in [0.25, 0.3) is 5.91 Å². The van der Waals surface area contributed by atoms with Crippen LogP contribution >= 0.6 is 0 Å². The number of benzene rings is 1. The first-order valence-corrected chi connectivity index (χ1v) is 4.66. The minimum absolute atomic E-state index is 0.0440. The highest BCUT2D eigenvalue weighted by Gasteiger charge is 2.24. The number of nitrogens with zero attached hydrogens (tertiary/aromatic N) is 1. The Morgan fingerprint density at radius 3 is 2.86 bits per heavy atom. The normalized spacial score (nSPS) is 17.1. The Morgan fingerprint density at radius 2 is 2.21 bits per heavy atom. The van der Waals surface area contributed by atoms with E-state index in [9.17, 15) is 9.90 Å². The van der Waals surface area contributed by atoms with Crippen LogP contribution in [-0.4, -0.2) is 23.0 Å². The van der Waals surface area contributed by atoms with Gasteiger partial charge in [-0.2, -0.15) is 0 Å². The fraction of sp³-hybridized carbons (Fsp3) is 0.364. The molecule has 74 valence electrons. The summed E-state index contributed by atoms with van der Waals surface area (Å²) in [5.41, 5.74) is 2.57. The second-order valence-corrected chi connectivity index (χ2v) is 3.75. The van der Waals surface area contributed by atoms with Gasteiger partial charge in [0.2, 0.25) is 0 Å². The van der Waals surface area contributed by atoms with Crippen molar-refractivity contribution in [3.8, 4) is 0 Å². The first-order valence-electron chi connectivity index (χ1n) is 4.66. The van der Waals surface area contributed by atoms with Crippen LogP contribution in [0, 0.1) is 0 Å². The van der Waals surface area contributed by atoms with Gasteiger partial charge in [0.1, 0.15) is 0 Å². The first kappa shape index (κ1) is 9.21. The lowest BCUT2D eigenvalue weighted by molar-refractivity contribution is 0.0816. The predicted octanol–water partition coefficient (Wildman–Crippen LogP) is 1.33. The van der Waals surface area contributed by atoms with E-state index in [0.717, 1.165) is 16.7 Å². The third-order valence-corrected chi connectivity index (χ3v) is 2.60. The Balaban J connectivity index is 2.46. The standard InChI is InChI=1S/C11H13NO2/c1-7(13)8-3-4-9-6-12(2)11(14)10(9)5-8/h3-5,7,13H,6H2,1-2H3. The number of rotatable bonds is 1. The Bertz CT molecular complexity index is 385. The molecule has 0 aliphatic carbocycles. The zero-order chi connectivity index (χ0) is 10.3. The van der Waals surface area contributed by atoms with Gasteiger partial charge in [-0.25, -0.2) is 0 Å². The maximum Gasteiger partial charge on any atom is 0.254 e. The van der Waals surface area contributed by atoms with Crippen LogP contribution in [0.1, 0.15) is 34.5 Å². The number of hydrogen-bond acceptors (Lipinski definition) is 2. The molecule has 0 fully saturated rings. The van der Waals surface area contributed by atoms with Crippen LogP contribution in [-0.2, 0) is 6.54 Å². The zero-order valence-corrected chi connectivity index (χ0v) is 8.32. The number of hydrogen-bond donors (Lipinski definition) is 1. The molecular formula is C11H13NO2. The van der Waals surface area contributed by atoms with Gasteiger partial charge in [-0.05, 0) is 24.1 Å². The molecule has 1 atom stereocenters. The Morgan fingerprint density at radius 1 is 1.50 bits per heavy atom. The van der Waals surface area contributed by atoms with Crippen molar-refractivity contribution >= 4 is 5.91 Å². The van der Waals surface area contributed by atoms with E-state index >= 15 is 0 Å². The summed E-state index contributed by atoms with van der Waals surface area (Å²) in [5.74, 6) is 0.0440. The molecule has 1 aromatic carbocycles. The van der Waals surface area contributed by atoms with Crippen molar-refractivity contribution in [3.05, 3.63) is 34.9 Å². The van der Waals surface area contributed by atoms with Gasteiger partial charge < -0.3 is 10.0 Å². The maximum atomic E-state index is 11.6. The van der Waals surface area contributed by atoms with Crippen molar-refractivity contribution in [1.82, 2.24) is 4.90 Å². The molecular weight excluding hydrogens is 178 g/mol. The van der Waals surface area contributed by atoms with Gasteiger partial charge in [-0.15, -0.1) is 0 Å². The number of aliphatic hydroxyl groups excluding tert-OH is 1. The van der Waals surface area contributed by atoms with Crippen molar-refractivity contribution in [3.63, 3.8) is 0 Å². The molecule has 3 heteroatoms. The van der Waals surface area contributed by atoms with E-state index in [1.165, 1.54) is 0 Å². The lowest BCUT2D eigenvalue weighted by Gasteiger charge is -2.05. The minimum atomic E-state index is -0.515. The second kappa shape index (κ2) is 3.10. The van der Waals surface area contributed by atoms with Crippen LogP contribution in [0.4, 0.5) is 0 Å². The first-order chi connectivity index (χ1) is 6.59. The molecule has 1 aromatic rings. The summed E-state index contributed by atoms with van der Waals surface area (Å²) in [5, 5.41) is 9.38. The number of carbonyl (C=O) groups is 1. The highest BCUT2D eigenvalue weighted by Crippen LogP contribution is 2.24. The monoisotopic (exact) mass is 191 g/mol. The molecule has 1 aliphatic heterocycles. The largest absolute Gasteiger partial charge is 0.389 e. The van der Waals surface area contributed by atoms with Gasteiger partial charge >= 0.3 is 0 Å². The maximum absolute atomic E-state index is 11.6. The predicted molar refractivity (Wildman–Crippen MR) is 52.9 cm³/mol. The number of aliphatic hydroxyl groups is 1. The number of amides is 1. The third kappa shape index (κ3) is 1.30. The molecule has 0 spiro atoms. The van der Waals surface area contributed by atoms with Crippen LogP contribution < -0.4 is 0 Å². The van der Waals surface area contributed by atoms with Gasteiger partial charge in [0.15, 0.2) is 0 Å². The molecule has 3 nitrogen and oxygen atoms in total. The Hall–Kier alpha value is -1.35. The molecule has 0 radical (unpaired) electrons. The van der Waals surface area contributed by atoms with Crippen LogP contribution in [0.15, 0.2) is 18.2 Å². The summed E-state index contributed by atoms with van der Waals surface area (Å²) in [6.45, 7) is 2.37. The smallest absolute Gasteiger partial charge is 0.254 e. The van der Waals surface area contributed by atoms with E-state index in [1.54, 1.807) is 24.9 Å². The quantitative estimate of drug-likeness (QED) is 0.727. The SMILES string of the molecule is CC(O)c1ccc2c(c1)C(=O)N(C)C2. The summed E-state index contributed by atoms with van der Waals surface area (Å²) >= 11 is 0. The molecule has 0 aromatic heterocycles. The van der Waals surface area contributed by atoms with Crippen LogP contribution in [0.3, 0.4) is 0 Å². The van der Waals surface area contributed by atoms with Crippen molar-refractivity contribution < 1.29 is 9.90 Å². The fourth-order valence-corrected chi connectivity index (χ4v) is 1.72. The van der Waals surface area contributed by atoms with E-state index in [1.807, 2.05) is 12.1 Å². The van der Waals surface area contributed by atoms with Crippen molar-refractivity contribution in [2.45, 2.75) is 19.6 Å². The summed E-state index contributed by atoms with van der Waals surface area (Å²) in [4.78, 5) is 13.3. The van der Waals surface area contributed by atoms with Gasteiger partial charge in [0, 0.05) is 19.2 Å². The summed E-state index contributed by atoms with van der Waals surface area (Å²) in [6, 6.07) is 5.57. The molecule has 1 unspecified atom stereocenters. The lowest BCUT2D eigenvalue weighted by atomic mass is 10.0. The topological polar surface area (TPSA) is 40.5 Å². The molecule has 2 rings (SSSR count). The Labute approximate surface area is 83.0 Å². The van der Waals surface area contributed by atoms with Crippen LogP contribution in [0.5, 0.6) is 0 Å². The van der Waals surface area contributed by atoms with Gasteiger partial charge in [-0.1, -0.05) is 12.1 Å². The second-order valence-electron chi connectivity index (χ2n) is 3.75. The highest BCUT2D eigenvalue weighted by atomic mass is 16.3. The van der Waals surface area contributed by atoms with E-state index in [0.29, 0.717) is 6.54 Å². The van der Waals surface area contributed by atoms with Crippen molar-refractivity contribution in [2.75, 3.05) is 7.05 Å². The van der Waals surface area contributed by atoms with Crippen LogP contribution in [0.25, 0.3) is 0 Å². The van der Waals surface area contributed by atoms with E-state index in [4.69, 9.17) is 0 Å². The molecule has 0 bridgehead atoms. The van der Waals surface area contributed by atoms with Gasteiger partial charge in [-0.3, -0.25) is 4.79 Å². The van der Waals surface area contributed by atoms with Crippen molar-refractivity contribution in [1.29, 1.82) is 0 Å². The highest BCUT2D eigenvalue weighted by molar-refractivity contribution is 5.98. The summed E-state index contributed by atoms with van der Waals surface area (Å²) < 4.78 is 0. The third-order valence-electron chi connectivity index (χ3n) is 2.60.